The maximum absolute atomic E-state index is 12.1. The van der Waals surface area contributed by atoms with Gasteiger partial charge in [-0.3, -0.25) is 4.99 Å². The molecule has 0 bridgehead atoms. The second-order valence-electron chi connectivity index (χ2n) is 11.6. The predicted octanol–water partition coefficient (Wildman–Crippen LogP) is 6.84. The number of aliphatic imine (C=N–C) groups is 1. The number of aliphatic hydroxyl groups excluding tert-OH is 2. The molecule has 5 nitrogen and oxygen atoms in total. The Morgan fingerprint density at radius 2 is 1.07 bits per heavy atom. The van der Waals surface area contributed by atoms with Crippen molar-refractivity contribution in [2.75, 3.05) is 0 Å². The van der Waals surface area contributed by atoms with Gasteiger partial charge < -0.3 is 20.4 Å². The predicted molar refractivity (Wildman–Crippen MR) is 164 cm³/mol. The smallest absolute Gasteiger partial charge is 0.137 e. The monoisotopic (exact) mass is 583 g/mol. The van der Waals surface area contributed by atoms with Crippen LogP contribution in [0.5, 0.6) is 5.75 Å². The van der Waals surface area contributed by atoms with Crippen LogP contribution in [-0.4, -0.2) is 44.9 Å². The Bertz CT molecular complexity index is 1070. The van der Waals surface area contributed by atoms with E-state index in [1.807, 2.05) is 78.9 Å². The Hall–Kier alpha value is -2.28. The molecule has 40 heavy (non-hydrogen) atoms. The molecule has 0 heterocycles. The summed E-state index contributed by atoms with van der Waals surface area (Å²) >= 11 is 0. The quantitative estimate of drug-likeness (QED) is 0.189. The van der Waals surface area contributed by atoms with Crippen molar-refractivity contribution in [3.63, 3.8) is 0 Å². The summed E-state index contributed by atoms with van der Waals surface area (Å²) in [5, 5.41) is 39.1. The fourth-order valence-corrected chi connectivity index (χ4v) is 4.09. The van der Waals surface area contributed by atoms with E-state index < -0.39 is 11.6 Å². The van der Waals surface area contributed by atoms with Crippen LogP contribution in [0.1, 0.15) is 84.6 Å². The largest absolute Gasteiger partial charge is 0.507 e. The van der Waals surface area contributed by atoms with Gasteiger partial charge in [-0.15, -0.1) is 0 Å². The summed E-state index contributed by atoms with van der Waals surface area (Å²) in [4.78, 5) is 4.87. The number of benzene rings is 3. The van der Waals surface area contributed by atoms with Crippen molar-refractivity contribution in [2.24, 2.45) is 10.9 Å². The Labute approximate surface area is 256 Å². The number of hydrogen-bond donors (Lipinski definition) is 4. The summed E-state index contributed by atoms with van der Waals surface area (Å²) in [6.07, 6.45) is 1.37. The summed E-state index contributed by atoms with van der Waals surface area (Å²) in [5.41, 5.74) is 1.64. The van der Waals surface area contributed by atoms with Gasteiger partial charge in [0.15, 0.2) is 0 Å². The molecule has 1 atom stereocenters. The number of para-hydroxylation sites is 1. The van der Waals surface area contributed by atoms with Gasteiger partial charge >= 0.3 is 0 Å². The molecule has 0 radical (unpaired) electrons. The second-order valence-corrected chi connectivity index (χ2v) is 11.6. The molecule has 0 spiro atoms. The minimum absolute atomic E-state index is 0. The van der Waals surface area contributed by atoms with Crippen molar-refractivity contribution in [1.82, 2.24) is 0 Å². The molecular formula is C34H49NO4Ti. The van der Waals surface area contributed by atoms with E-state index in [2.05, 4.69) is 34.6 Å². The summed E-state index contributed by atoms with van der Waals surface area (Å²) in [5.74, 6) is 0.291. The van der Waals surface area contributed by atoms with E-state index in [1.165, 1.54) is 0 Å². The molecule has 0 aliphatic carbocycles. The van der Waals surface area contributed by atoms with E-state index in [1.54, 1.807) is 33.9 Å². The van der Waals surface area contributed by atoms with Crippen molar-refractivity contribution in [2.45, 2.75) is 91.6 Å². The molecule has 0 saturated heterocycles. The van der Waals surface area contributed by atoms with Crippen molar-refractivity contribution in [1.29, 1.82) is 0 Å². The average Bonchev–Trinajstić information content (AvgIpc) is 2.84. The normalized spacial score (nSPS) is 12.4. The average molecular weight is 584 g/mol. The van der Waals surface area contributed by atoms with E-state index >= 15 is 0 Å². The molecule has 0 aliphatic heterocycles. The molecule has 4 N–H and O–H groups in total. The van der Waals surface area contributed by atoms with Crippen LogP contribution in [0.25, 0.3) is 0 Å². The van der Waals surface area contributed by atoms with Gasteiger partial charge in [0, 0.05) is 45.7 Å². The first-order valence-corrected chi connectivity index (χ1v) is 13.7. The fourth-order valence-electron chi connectivity index (χ4n) is 4.09. The number of aromatic hydroxyl groups is 1. The Morgan fingerprint density at radius 3 is 1.43 bits per heavy atom. The Kier molecular flexibility index (Phi) is 16.5. The third kappa shape index (κ3) is 11.7. The standard InChI is InChI=1S/C28H33NO2.2C3H8O.Ti/c1-20(2)26(29-19-21-13-12-18-24(25(21)30)27(3,4)5)28(31,22-14-8-6-9-15-22)23-16-10-7-11-17-23;2*1-3(2)4;/h6-20,26,30-31H,1-5H3;2*3-4H,1-2H3;/t26-;;;/m0.../s1. The van der Waals surface area contributed by atoms with Crippen molar-refractivity contribution in [3.05, 3.63) is 101 Å². The molecule has 0 fully saturated rings. The molecule has 218 valence electrons. The number of hydrogen-bond acceptors (Lipinski definition) is 5. The van der Waals surface area contributed by atoms with E-state index in [9.17, 15) is 10.2 Å². The molecule has 0 amide bonds. The van der Waals surface area contributed by atoms with Crippen molar-refractivity contribution >= 4 is 6.21 Å². The Balaban J connectivity index is 0.00000149. The van der Waals surface area contributed by atoms with Crippen LogP contribution >= 0.6 is 0 Å². The SMILES string of the molecule is CC(C)O.CC(C)O.CC(C)[C@H](N=Cc1cccc(C(C)(C)C)c1O)C(O)(c1ccccc1)c1ccccc1.[Ti]. The summed E-state index contributed by atoms with van der Waals surface area (Å²) in [6.45, 7) is 17.2. The summed E-state index contributed by atoms with van der Waals surface area (Å²) < 4.78 is 0. The van der Waals surface area contributed by atoms with Crippen LogP contribution in [0, 0.1) is 5.92 Å². The van der Waals surface area contributed by atoms with E-state index in [0.717, 1.165) is 16.7 Å². The molecule has 6 heteroatoms. The van der Waals surface area contributed by atoms with E-state index in [0.29, 0.717) is 5.56 Å². The molecule has 3 aromatic rings. The molecule has 0 unspecified atom stereocenters. The molecule has 0 aliphatic rings. The first-order valence-electron chi connectivity index (χ1n) is 13.7. The van der Waals surface area contributed by atoms with Gasteiger partial charge in [0.2, 0.25) is 0 Å². The molecule has 3 aromatic carbocycles. The fraction of sp³-hybridized carbons (Fsp3) is 0.441. The van der Waals surface area contributed by atoms with E-state index in [4.69, 9.17) is 15.2 Å². The topological polar surface area (TPSA) is 93.3 Å². The second kappa shape index (κ2) is 17.5. The van der Waals surface area contributed by atoms with Crippen LogP contribution in [0.15, 0.2) is 83.9 Å². The summed E-state index contributed by atoms with van der Waals surface area (Å²) in [7, 11) is 0. The van der Waals surface area contributed by atoms with Crippen LogP contribution in [0.4, 0.5) is 0 Å². The zero-order chi connectivity index (χ0) is 29.8. The van der Waals surface area contributed by atoms with Crippen molar-refractivity contribution < 1.29 is 42.1 Å². The van der Waals surface area contributed by atoms with Gasteiger partial charge in [-0.05, 0) is 61.8 Å². The van der Waals surface area contributed by atoms with Gasteiger partial charge in [0.05, 0.1) is 6.04 Å². The minimum Gasteiger partial charge on any atom is -0.507 e. The third-order valence-corrected chi connectivity index (χ3v) is 5.74. The Morgan fingerprint density at radius 1 is 0.675 bits per heavy atom. The summed E-state index contributed by atoms with van der Waals surface area (Å²) in [6, 6.07) is 24.7. The molecule has 0 aromatic heterocycles. The molecular weight excluding hydrogens is 534 g/mol. The first-order chi connectivity index (χ1) is 18.1. The number of phenolic OH excluding ortho intramolecular Hbond substituents is 1. The van der Waals surface area contributed by atoms with Gasteiger partial charge in [-0.2, -0.15) is 0 Å². The maximum atomic E-state index is 12.1. The zero-order valence-corrected chi connectivity index (χ0v) is 27.2. The maximum Gasteiger partial charge on any atom is 0.137 e. The number of rotatable bonds is 6. The molecule has 0 saturated carbocycles. The minimum atomic E-state index is -1.30. The first kappa shape index (κ1) is 37.7. The molecule has 3 rings (SSSR count). The van der Waals surface area contributed by atoms with Gasteiger partial charge in [-0.1, -0.05) is 107 Å². The number of aliphatic hydroxyl groups is 3. The van der Waals surface area contributed by atoms with Gasteiger partial charge in [0.1, 0.15) is 11.4 Å². The van der Waals surface area contributed by atoms with Gasteiger partial charge in [0.25, 0.3) is 0 Å². The van der Waals surface area contributed by atoms with Crippen molar-refractivity contribution in [3.8, 4) is 5.75 Å². The number of phenols is 1. The van der Waals surface area contributed by atoms with Crippen LogP contribution in [-0.2, 0) is 32.7 Å². The van der Waals surface area contributed by atoms with Crippen LogP contribution < -0.4 is 0 Å². The van der Waals surface area contributed by atoms with Crippen LogP contribution in [0.2, 0.25) is 0 Å². The van der Waals surface area contributed by atoms with Crippen LogP contribution in [0.3, 0.4) is 0 Å². The third-order valence-electron chi connectivity index (χ3n) is 5.74. The zero-order valence-electron chi connectivity index (χ0n) is 25.6. The van der Waals surface area contributed by atoms with E-state index in [-0.39, 0.29) is 51.0 Å². The number of nitrogens with zero attached hydrogens (tertiary/aromatic N) is 1. The van der Waals surface area contributed by atoms with Gasteiger partial charge in [-0.25, -0.2) is 0 Å².